The van der Waals surface area contributed by atoms with Gasteiger partial charge >= 0.3 is 5.97 Å². The number of carbonyl (C=O) groups excluding carboxylic acids is 2. The molecule has 3 aromatic rings. The summed E-state index contributed by atoms with van der Waals surface area (Å²) in [5.41, 5.74) is 3.63. The lowest BCUT2D eigenvalue weighted by Gasteiger charge is -2.24. The highest BCUT2D eigenvalue weighted by atomic mass is 32.2. The molecule has 0 saturated heterocycles. The second-order valence-corrected chi connectivity index (χ2v) is 12.0. The number of hydrogen-bond donors (Lipinski definition) is 1. The van der Waals surface area contributed by atoms with Crippen LogP contribution in [0.3, 0.4) is 0 Å². The molecule has 1 amide bonds. The summed E-state index contributed by atoms with van der Waals surface area (Å²) in [5, 5.41) is 3.95. The van der Waals surface area contributed by atoms with Gasteiger partial charge in [-0.2, -0.15) is 5.10 Å². The monoisotopic (exact) mass is 597 g/mol. The van der Waals surface area contributed by atoms with Crippen molar-refractivity contribution in [1.82, 2.24) is 5.43 Å². The number of anilines is 1. The predicted molar refractivity (Wildman–Crippen MR) is 159 cm³/mol. The maximum atomic E-state index is 13.7. The first-order valence-corrected chi connectivity index (χ1v) is 14.3. The van der Waals surface area contributed by atoms with Crippen molar-refractivity contribution in [1.29, 1.82) is 0 Å². The number of nitrogens with one attached hydrogen (secondary N) is 1. The summed E-state index contributed by atoms with van der Waals surface area (Å²) in [6.07, 6.45) is 1.40. The Morgan fingerprint density at radius 3 is 2.17 bits per heavy atom. The van der Waals surface area contributed by atoms with E-state index in [4.69, 9.17) is 18.9 Å². The third-order valence-electron chi connectivity index (χ3n) is 5.61. The van der Waals surface area contributed by atoms with Crippen molar-refractivity contribution >= 4 is 33.8 Å². The molecule has 0 saturated carbocycles. The van der Waals surface area contributed by atoms with Gasteiger partial charge in [0.1, 0.15) is 17.9 Å². The third-order valence-corrected chi connectivity index (χ3v) is 7.38. The molecule has 1 N–H and O–H groups in total. The Balaban J connectivity index is 1.70. The minimum absolute atomic E-state index is 0.0778. The first-order chi connectivity index (χ1) is 19.8. The topological polar surface area (TPSA) is 133 Å². The highest BCUT2D eigenvalue weighted by molar-refractivity contribution is 7.92. The average molecular weight is 598 g/mol. The number of amides is 1. The van der Waals surface area contributed by atoms with Crippen LogP contribution in [0.25, 0.3) is 0 Å². The Bertz CT molecular complexity index is 1510. The van der Waals surface area contributed by atoms with Crippen molar-refractivity contribution in [3.63, 3.8) is 0 Å². The highest BCUT2D eigenvalue weighted by Gasteiger charge is 2.28. The quantitative estimate of drug-likeness (QED) is 0.188. The van der Waals surface area contributed by atoms with Crippen molar-refractivity contribution < 1.29 is 37.0 Å². The lowest BCUT2D eigenvalue weighted by Crippen LogP contribution is -2.39. The molecular weight excluding hydrogens is 562 g/mol. The molecule has 0 aliphatic rings. The van der Waals surface area contributed by atoms with Gasteiger partial charge in [0.2, 0.25) is 0 Å². The lowest BCUT2D eigenvalue weighted by atomic mass is 10.2. The fourth-order valence-electron chi connectivity index (χ4n) is 3.64. The Labute approximate surface area is 246 Å². The zero-order valence-electron chi connectivity index (χ0n) is 24.4. The zero-order chi connectivity index (χ0) is 30.9. The molecule has 224 valence electrons. The van der Waals surface area contributed by atoms with Gasteiger partial charge in [0.15, 0.2) is 18.1 Å². The van der Waals surface area contributed by atoms with Gasteiger partial charge in [-0.05, 0) is 81.8 Å². The van der Waals surface area contributed by atoms with Crippen molar-refractivity contribution in [2.75, 3.05) is 31.7 Å². The van der Waals surface area contributed by atoms with Gasteiger partial charge in [0, 0.05) is 6.07 Å². The van der Waals surface area contributed by atoms with Crippen LogP contribution in [0.15, 0.2) is 76.7 Å². The van der Waals surface area contributed by atoms with Gasteiger partial charge in [0.05, 0.1) is 31.0 Å². The zero-order valence-corrected chi connectivity index (χ0v) is 25.2. The third kappa shape index (κ3) is 8.96. The molecule has 0 unspecified atom stereocenters. The largest absolute Gasteiger partial charge is 0.493 e. The molecule has 3 aromatic carbocycles. The molecule has 0 radical (unpaired) electrons. The number of hydrazone groups is 1. The molecule has 0 bridgehead atoms. The summed E-state index contributed by atoms with van der Waals surface area (Å²) in [6, 6.07) is 17.6. The summed E-state index contributed by atoms with van der Waals surface area (Å²) in [4.78, 5) is 24.6. The molecule has 0 aliphatic heterocycles. The number of hydrogen-bond acceptors (Lipinski definition) is 9. The van der Waals surface area contributed by atoms with Gasteiger partial charge in [-0.25, -0.2) is 18.6 Å². The molecule has 0 spiro atoms. The second kappa shape index (κ2) is 13.9. The number of aryl methyl sites for hydroxylation is 1. The van der Waals surface area contributed by atoms with E-state index in [1.54, 1.807) is 69.3 Å². The molecule has 0 atom stereocenters. The minimum Gasteiger partial charge on any atom is -0.493 e. The fraction of sp³-hybridized carbons (Fsp3) is 0.300. The Hall–Kier alpha value is -4.58. The first kappa shape index (κ1) is 31.9. The van der Waals surface area contributed by atoms with E-state index in [1.807, 2.05) is 6.92 Å². The molecular formula is C30H35N3O8S. The molecule has 0 aromatic heterocycles. The second-order valence-electron chi connectivity index (χ2n) is 10.1. The van der Waals surface area contributed by atoms with E-state index in [0.717, 1.165) is 9.87 Å². The van der Waals surface area contributed by atoms with E-state index < -0.39 is 34.0 Å². The van der Waals surface area contributed by atoms with Crippen molar-refractivity contribution in [3.05, 3.63) is 77.9 Å². The molecule has 0 aliphatic carbocycles. The van der Waals surface area contributed by atoms with E-state index in [1.165, 1.54) is 38.6 Å². The van der Waals surface area contributed by atoms with Gasteiger partial charge in [-0.15, -0.1) is 0 Å². The number of sulfonamides is 1. The van der Waals surface area contributed by atoms with Crippen LogP contribution in [0.5, 0.6) is 17.2 Å². The van der Waals surface area contributed by atoms with Crippen LogP contribution in [0.2, 0.25) is 0 Å². The summed E-state index contributed by atoms with van der Waals surface area (Å²) in [5.74, 6) is -0.0844. The number of esters is 1. The molecule has 11 nitrogen and oxygen atoms in total. The van der Waals surface area contributed by atoms with E-state index in [0.29, 0.717) is 22.7 Å². The van der Waals surface area contributed by atoms with E-state index >= 15 is 0 Å². The van der Waals surface area contributed by atoms with E-state index in [9.17, 15) is 18.0 Å². The van der Waals surface area contributed by atoms with Gasteiger partial charge in [0.25, 0.3) is 15.9 Å². The Morgan fingerprint density at radius 1 is 0.929 bits per heavy atom. The van der Waals surface area contributed by atoms with Gasteiger partial charge < -0.3 is 18.9 Å². The summed E-state index contributed by atoms with van der Waals surface area (Å²) < 4.78 is 49.5. The maximum absolute atomic E-state index is 13.7. The van der Waals surface area contributed by atoms with Crippen LogP contribution < -0.4 is 23.9 Å². The number of rotatable bonds is 12. The number of methoxy groups -OCH3 is 2. The summed E-state index contributed by atoms with van der Waals surface area (Å²) >= 11 is 0. The standard InChI is InChI=1S/C30H35N3O8S/c1-21-7-11-23(12-8-21)33(42(36,37)25-15-16-26(38-5)27(17-25)39-6)19-28(34)32-31-18-22-9-13-24(14-10-22)40-20-29(35)41-30(2,3)4/h7-18H,19-20H2,1-6H3,(H,32,34)/b31-18-. The normalized spacial score (nSPS) is 11.6. The van der Waals surface area contributed by atoms with Gasteiger partial charge in [-0.1, -0.05) is 17.7 Å². The predicted octanol–water partition coefficient (Wildman–Crippen LogP) is 4.08. The van der Waals surface area contributed by atoms with Crippen molar-refractivity contribution in [2.45, 2.75) is 38.2 Å². The number of ether oxygens (including phenoxy) is 4. The summed E-state index contributed by atoms with van der Waals surface area (Å²) in [7, 11) is -1.33. The molecule has 0 heterocycles. The highest BCUT2D eigenvalue weighted by Crippen LogP contribution is 2.32. The van der Waals surface area contributed by atoms with Crippen LogP contribution in [0, 0.1) is 6.92 Å². The van der Waals surface area contributed by atoms with Crippen molar-refractivity contribution in [3.8, 4) is 17.2 Å². The Morgan fingerprint density at radius 2 is 1.57 bits per heavy atom. The Kier molecular flexibility index (Phi) is 10.5. The molecule has 12 heteroatoms. The number of carbonyl (C=O) groups is 2. The van der Waals surface area contributed by atoms with Crippen LogP contribution in [-0.2, 0) is 24.3 Å². The smallest absolute Gasteiger partial charge is 0.344 e. The average Bonchev–Trinajstić information content (AvgIpc) is 2.94. The maximum Gasteiger partial charge on any atom is 0.344 e. The van der Waals surface area contributed by atoms with Gasteiger partial charge in [-0.3, -0.25) is 9.10 Å². The number of nitrogens with zero attached hydrogens (tertiary/aromatic N) is 2. The van der Waals surface area contributed by atoms with Crippen molar-refractivity contribution in [2.24, 2.45) is 5.10 Å². The first-order valence-electron chi connectivity index (χ1n) is 12.9. The van der Waals surface area contributed by atoms with E-state index in [-0.39, 0.29) is 17.3 Å². The molecule has 0 fully saturated rings. The van der Waals surface area contributed by atoms with Crippen LogP contribution in [0.1, 0.15) is 31.9 Å². The SMILES string of the molecule is COc1ccc(S(=O)(=O)N(CC(=O)N/N=C\c2ccc(OCC(=O)OC(C)(C)C)cc2)c2ccc(C)cc2)cc1OC. The van der Waals surface area contributed by atoms with E-state index in [2.05, 4.69) is 10.5 Å². The molecule has 42 heavy (non-hydrogen) atoms. The minimum atomic E-state index is -4.19. The summed E-state index contributed by atoms with van der Waals surface area (Å²) in [6.45, 7) is 6.43. The lowest BCUT2D eigenvalue weighted by molar-refractivity contribution is -0.157. The number of benzene rings is 3. The van der Waals surface area contributed by atoms with Crippen LogP contribution in [0.4, 0.5) is 5.69 Å². The van der Waals surface area contributed by atoms with Crippen LogP contribution >= 0.6 is 0 Å². The fourth-order valence-corrected chi connectivity index (χ4v) is 5.08. The van der Waals surface area contributed by atoms with Crippen LogP contribution in [-0.4, -0.2) is 59.5 Å². The molecule has 3 rings (SSSR count).